The maximum absolute atomic E-state index is 12.9. The van der Waals surface area contributed by atoms with E-state index in [2.05, 4.69) is 21.3 Å². The van der Waals surface area contributed by atoms with Crippen LogP contribution in [0.5, 0.6) is 0 Å². The molecular weight excluding hydrogens is 464 g/mol. The van der Waals surface area contributed by atoms with E-state index >= 15 is 0 Å². The SMILES string of the molecule is CCOC(=O)C(COC(=O)C1CC2CC(CC/C(N)=N/NN)CCC2CN1)NC(=O)c1ccccc1. The summed E-state index contributed by atoms with van der Waals surface area (Å²) in [6.07, 6.45) is 5.55. The molecule has 0 radical (unpaired) electrons. The van der Waals surface area contributed by atoms with Crippen molar-refractivity contribution in [1.82, 2.24) is 16.2 Å². The first-order valence-corrected chi connectivity index (χ1v) is 12.6. The van der Waals surface area contributed by atoms with Crippen LogP contribution in [0.4, 0.5) is 0 Å². The molecule has 198 valence electrons. The quantitative estimate of drug-likeness (QED) is 0.0965. The van der Waals surface area contributed by atoms with E-state index in [4.69, 9.17) is 21.1 Å². The standard InChI is InChI=1S/C25H38N6O5/c1-2-35-25(34)21(29-23(32)17-6-4-3-5-7-17)15-36-24(33)20-13-19-12-16(8-10-18(19)14-28-20)9-11-22(26)30-31-27/h3-7,16,18-21,28,31H,2,8-15,27H2,1H3,(H2,26,30)(H,29,32). The normalized spacial score (nSPS) is 24.7. The number of nitrogens with one attached hydrogen (secondary N) is 3. The van der Waals surface area contributed by atoms with Gasteiger partial charge in [0.05, 0.1) is 6.61 Å². The maximum atomic E-state index is 12.9. The topological polar surface area (TPSA) is 170 Å². The van der Waals surface area contributed by atoms with E-state index in [0.29, 0.717) is 42.0 Å². The summed E-state index contributed by atoms with van der Waals surface area (Å²) >= 11 is 0. The monoisotopic (exact) mass is 502 g/mol. The third-order valence-electron chi connectivity index (χ3n) is 7.02. The van der Waals surface area contributed by atoms with Crippen LogP contribution in [0.2, 0.25) is 0 Å². The Morgan fingerprint density at radius 3 is 2.64 bits per heavy atom. The number of hydrogen-bond donors (Lipinski definition) is 5. The number of hydrazine groups is 1. The van der Waals surface area contributed by atoms with Gasteiger partial charge in [0.15, 0.2) is 6.04 Å². The van der Waals surface area contributed by atoms with E-state index in [-0.39, 0.29) is 13.2 Å². The Hall–Kier alpha value is -3.18. The van der Waals surface area contributed by atoms with Crippen molar-refractivity contribution in [2.75, 3.05) is 19.8 Å². The highest BCUT2D eigenvalue weighted by Gasteiger charge is 2.38. The molecular formula is C25H38N6O5. The number of amides is 1. The maximum Gasteiger partial charge on any atom is 0.332 e. The lowest BCUT2D eigenvalue weighted by Crippen LogP contribution is -2.51. The molecule has 0 aromatic heterocycles. The van der Waals surface area contributed by atoms with Gasteiger partial charge in [-0.05, 0) is 69.0 Å². The minimum Gasteiger partial charge on any atom is -0.464 e. The molecule has 1 saturated heterocycles. The number of amidine groups is 1. The van der Waals surface area contributed by atoms with Crippen LogP contribution >= 0.6 is 0 Å². The van der Waals surface area contributed by atoms with E-state index in [1.165, 1.54) is 0 Å². The summed E-state index contributed by atoms with van der Waals surface area (Å²) < 4.78 is 10.6. The van der Waals surface area contributed by atoms with Crippen molar-refractivity contribution in [1.29, 1.82) is 0 Å². The molecule has 2 fully saturated rings. The molecule has 0 bridgehead atoms. The molecule has 1 aromatic rings. The third-order valence-corrected chi connectivity index (χ3v) is 7.02. The summed E-state index contributed by atoms with van der Waals surface area (Å²) in [5.41, 5.74) is 8.46. The van der Waals surface area contributed by atoms with Gasteiger partial charge in [-0.1, -0.05) is 24.6 Å². The van der Waals surface area contributed by atoms with Gasteiger partial charge in [0.2, 0.25) is 0 Å². The van der Waals surface area contributed by atoms with E-state index in [1.54, 1.807) is 37.3 Å². The van der Waals surface area contributed by atoms with Crippen molar-refractivity contribution in [3.8, 4) is 0 Å². The fraction of sp³-hybridized carbons (Fsp3) is 0.600. The number of piperidine rings is 1. The molecule has 7 N–H and O–H groups in total. The fourth-order valence-electron chi connectivity index (χ4n) is 5.10. The van der Waals surface area contributed by atoms with E-state index in [9.17, 15) is 14.4 Å². The number of fused-ring (bicyclic) bond motifs is 1. The van der Waals surface area contributed by atoms with Gasteiger partial charge in [0, 0.05) is 12.0 Å². The average molecular weight is 503 g/mol. The highest BCUT2D eigenvalue weighted by molar-refractivity contribution is 5.96. The van der Waals surface area contributed by atoms with Crippen LogP contribution in [0.1, 0.15) is 55.8 Å². The zero-order valence-corrected chi connectivity index (χ0v) is 20.8. The summed E-state index contributed by atoms with van der Waals surface area (Å²) in [6, 6.07) is 6.98. The Morgan fingerprint density at radius 2 is 1.92 bits per heavy atom. The number of carbonyl (C=O) groups is 3. The molecule has 36 heavy (non-hydrogen) atoms. The van der Waals surface area contributed by atoms with Gasteiger partial charge in [0.25, 0.3) is 5.91 Å². The first-order valence-electron chi connectivity index (χ1n) is 12.6. The molecule has 5 atom stereocenters. The largest absolute Gasteiger partial charge is 0.464 e. The first kappa shape index (κ1) is 27.4. The number of ether oxygens (including phenoxy) is 2. The molecule has 0 spiro atoms. The van der Waals surface area contributed by atoms with Gasteiger partial charge in [-0.15, -0.1) is 0 Å². The van der Waals surface area contributed by atoms with Crippen LogP contribution in [-0.2, 0) is 19.1 Å². The third kappa shape index (κ3) is 7.92. The highest BCUT2D eigenvalue weighted by Crippen LogP contribution is 2.40. The van der Waals surface area contributed by atoms with Gasteiger partial charge >= 0.3 is 11.9 Å². The van der Waals surface area contributed by atoms with Crippen LogP contribution in [0, 0.1) is 17.8 Å². The first-order chi connectivity index (χ1) is 17.4. The van der Waals surface area contributed by atoms with Crippen LogP contribution in [-0.4, -0.2) is 55.5 Å². The Balaban J connectivity index is 1.52. The van der Waals surface area contributed by atoms with Crippen molar-refractivity contribution in [3.63, 3.8) is 0 Å². The minimum atomic E-state index is -1.09. The molecule has 1 saturated carbocycles. The average Bonchev–Trinajstić information content (AvgIpc) is 2.89. The Bertz CT molecular complexity index is 911. The molecule has 1 amide bonds. The van der Waals surface area contributed by atoms with E-state index < -0.39 is 29.9 Å². The summed E-state index contributed by atoms with van der Waals surface area (Å²) in [7, 11) is 0. The van der Waals surface area contributed by atoms with Gasteiger partial charge in [-0.25, -0.2) is 16.2 Å². The van der Waals surface area contributed by atoms with Crippen molar-refractivity contribution in [2.24, 2.45) is 34.4 Å². The predicted octanol–water partition coefficient (Wildman–Crippen LogP) is 0.801. The van der Waals surface area contributed by atoms with Crippen LogP contribution in [0.15, 0.2) is 35.4 Å². The van der Waals surface area contributed by atoms with Gasteiger partial charge in [-0.2, -0.15) is 5.10 Å². The van der Waals surface area contributed by atoms with E-state index in [1.807, 2.05) is 0 Å². The predicted molar refractivity (Wildman–Crippen MR) is 134 cm³/mol. The van der Waals surface area contributed by atoms with Crippen LogP contribution < -0.4 is 27.7 Å². The molecule has 1 heterocycles. The van der Waals surface area contributed by atoms with Crippen LogP contribution in [0.25, 0.3) is 0 Å². The summed E-state index contributed by atoms with van der Waals surface area (Å²) in [6.45, 7) is 2.29. The zero-order valence-electron chi connectivity index (χ0n) is 20.8. The molecule has 1 aromatic carbocycles. The molecule has 2 aliphatic rings. The minimum absolute atomic E-state index is 0.152. The van der Waals surface area contributed by atoms with Crippen molar-refractivity contribution in [2.45, 2.75) is 57.5 Å². The zero-order chi connectivity index (χ0) is 25.9. The molecule has 1 aliphatic carbocycles. The molecule has 11 nitrogen and oxygen atoms in total. The van der Waals surface area contributed by atoms with Crippen LogP contribution in [0.3, 0.4) is 0 Å². The Labute approximate surface area is 211 Å². The summed E-state index contributed by atoms with van der Waals surface area (Å²) in [5, 5.41) is 9.73. The van der Waals surface area contributed by atoms with Crippen molar-refractivity contribution in [3.05, 3.63) is 35.9 Å². The second-order valence-corrected chi connectivity index (χ2v) is 9.44. The Morgan fingerprint density at radius 1 is 1.14 bits per heavy atom. The number of rotatable bonds is 11. The van der Waals surface area contributed by atoms with Gasteiger partial charge in [0.1, 0.15) is 18.5 Å². The number of nitrogens with two attached hydrogens (primary N) is 2. The fourth-order valence-corrected chi connectivity index (χ4v) is 5.10. The molecule has 5 unspecified atom stereocenters. The van der Waals surface area contributed by atoms with Gasteiger partial charge < -0.3 is 25.8 Å². The smallest absolute Gasteiger partial charge is 0.332 e. The number of esters is 2. The van der Waals surface area contributed by atoms with Crippen molar-refractivity contribution < 1.29 is 23.9 Å². The lowest BCUT2D eigenvalue weighted by Gasteiger charge is -2.42. The van der Waals surface area contributed by atoms with Gasteiger partial charge in [-0.3, -0.25) is 9.59 Å². The van der Waals surface area contributed by atoms with Crippen molar-refractivity contribution >= 4 is 23.7 Å². The number of benzene rings is 1. The number of hydrogen-bond acceptors (Lipinski definition) is 9. The number of hydrazone groups is 1. The lowest BCUT2D eigenvalue weighted by atomic mass is 9.69. The second kappa shape index (κ2) is 13.8. The molecule has 11 heteroatoms. The Kier molecular flexibility index (Phi) is 10.5. The molecule has 3 rings (SSSR count). The molecule has 1 aliphatic heterocycles. The lowest BCUT2D eigenvalue weighted by molar-refractivity contribution is -0.153. The summed E-state index contributed by atoms with van der Waals surface area (Å²) in [4.78, 5) is 37.8. The summed E-state index contributed by atoms with van der Waals surface area (Å²) in [5.74, 6) is 5.61. The van der Waals surface area contributed by atoms with E-state index in [0.717, 1.165) is 32.2 Å². The second-order valence-electron chi connectivity index (χ2n) is 9.44. The number of carbonyl (C=O) groups excluding carboxylic acids is 3. The highest BCUT2D eigenvalue weighted by atomic mass is 16.6. The number of nitrogens with zero attached hydrogens (tertiary/aromatic N) is 1.